The number of methoxy groups -OCH3 is 1. The molecule has 2 aromatic carbocycles. The predicted octanol–water partition coefficient (Wildman–Crippen LogP) is 3.01. The van der Waals surface area contributed by atoms with E-state index in [-0.39, 0.29) is 12.3 Å². The minimum Gasteiger partial charge on any atom is -0.491 e. The second kappa shape index (κ2) is 8.07. The molecule has 4 nitrogen and oxygen atoms in total. The molecule has 0 radical (unpaired) electrons. The lowest BCUT2D eigenvalue weighted by atomic mass is 10.1. The number of hydrogen-bond acceptors (Lipinski definition) is 4. The van der Waals surface area contributed by atoms with Gasteiger partial charge < -0.3 is 14.8 Å². The molecule has 0 bridgehead atoms. The van der Waals surface area contributed by atoms with E-state index in [1.54, 1.807) is 31.4 Å². The van der Waals surface area contributed by atoms with Crippen molar-refractivity contribution in [3.8, 4) is 5.75 Å². The van der Waals surface area contributed by atoms with Crippen molar-refractivity contribution in [3.05, 3.63) is 60.2 Å². The highest BCUT2D eigenvalue weighted by Crippen LogP contribution is 2.13. The quantitative estimate of drug-likeness (QED) is 0.598. The van der Waals surface area contributed by atoms with Gasteiger partial charge in [-0.3, -0.25) is 4.79 Å². The summed E-state index contributed by atoms with van der Waals surface area (Å²) < 4.78 is 10.4. The molecule has 0 aromatic heterocycles. The van der Waals surface area contributed by atoms with E-state index in [4.69, 9.17) is 9.47 Å². The molecule has 4 heteroatoms. The maximum absolute atomic E-state index is 12.1. The molecule has 0 aliphatic carbocycles. The van der Waals surface area contributed by atoms with Crippen molar-refractivity contribution in [3.63, 3.8) is 0 Å². The first-order valence-electron chi connectivity index (χ1n) is 6.83. The average Bonchev–Trinajstić information content (AvgIpc) is 2.54. The zero-order chi connectivity index (χ0) is 14.9. The Hall–Kier alpha value is -2.33. The molecule has 2 rings (SSSR count). The molecule has 0 atom stereocenters. The van der Waals surface area contributed by atoms with Crippen LogP contribution in [0.4, 0.5) is 5.69 Å². The zero-order valence-electron chi connectivity index (χ0n) is 12.0. The Balaban J connectivity index is 1.85. The summed E-state index contributed by atoms with van der Waals surface area (Å²) >= 11 is 0. The van der Waals surface area contributed by atoms with Gasteiger partial charge in [-0.05, 0) is 36.4 Å². The number of para-hydroxylation sites is 1. The van der Waals surface area contributed by atoms with Crippen LogP contribution < -0.4 is 10.1 Å². The van der Waals surface area contributed by atoms with Crippen LogP contribution in [0.5, 0.6) is 5.75 Å². The summed E-state index contributed by atoms with van der Waals surface area (Å²) in [5, 5.41) is 3.10. The summed E-state index contributed by atoms with van der Waals surface area (Å²) in [6.07, 6.45) is 0. The molecule has 0 saturated heterocycles. The third kappa shape index (κ3) is 4.93. The van der Waals surface area contributed by atoms with E-state index in [2.05, 4.69) is 5.32 Å². The van der Waals surface area contributed by atoms with Crippen molar-refractivity contribution in [2.24, 2.45) is 0 Å². The van der Waals surface area contributed by atoms with Crippen molar-refractivity contribution in [1.82, 2.24) is 0 Å². The summed E-state index contributed by atoms with van der Waals surface area (Å²) in [6, 6.07) is 16.8. The molecule has 110 valence electrons. The predicted molar refractivity (Wildman–Crippen MR) is 83.1 cm³/mol. The molecule has 0 fully saturated rings. The summed E-state index contributed by atoms with van der Waals surface area (Å²) in [6.45, 7) is 1.31. The monoisotopic (exact) mass is 285 g/mol. The molecule has 0 aliphatic heterocycles. The second-order valence-corrected chi connectivity index (χ2v) is 4.51. The standard InChI is InChI=1S/C17H19NO3/c1-20-11-12-21-16-9-7-14(8-10-16)17(19)13-18-15-5-3-2-4-6-15/h2-10,18H,11-13H2,1H3. The van der Waals surface area contributed by atoms with Gasteiger partial charge in [-0.15, -0.1) is 0 Å². The zero-order valence-corrected chi connectivity index (χ0v) is 12.0. The summed E-state index contributed by atoms with van der Waals surface area (Å²) in [5.41, 5.74) is 1.60. The highest BCUT2D eigenvalue weighted by molar-refractivity contribution is 5.99. The van der Waals surface area contributed by atoms with Crippen LogP contribution in [-0.4, -0.2) is 32.7 Å². The number of carbonyl (C=O) groups is 1. The Morgan fingerprint density at radius 3 is 2.38 bits per heavy atom. The molecule has 0 aliphatic rings. The van der Waals surface area contributed by atoms with E-state index >= 15 is 0 Å². The van der Waals surface area contributed by atoms with Gasteiger partial charge in [-0.1, -0.05) is 18.2 Å². The Kier molecular flexibility index (Phi) is 5.79. The van der Waals surface area contributed by atoms with Crippen molar-refractivity contribution < 1.29 is 14.3 Å². The van der Waals surface area contributed by atoms with Gasteiger partial charge in [-0.25, -0.2) is 0 Å². The van der Waals surface area contributed by atoms with Crippen LogP contribution in [0.1, 0.15) is 10.4 Å². The summed E-state index contributed by atoms with van der Waals surface area (Å²) in [7, 11) is 1.63. The second-order valence-electron chi connectivity index (χ2n) is 4.51. The molecular formula is C17H19NO3. The maximum atomic E-state index is 12.1. The number of Topliss-reactive ketones (excluding diaryl/α,β-unsaturated/α-hetero) is 1. The van der Waals surface area contributed by atoms with Crippen LogP contribution in [0.3, 0.4) is 0 Å². The number of ketones is 1. The van der Waals surface area contributed by atoms with Crippen molar-refractivity contribution in [2.45, 2.75) is 0 Å². The van der Waals surface area contributed by atoms with Gasteiger partial charge in [0.05, 0.1) is 13.2 Å². The molecular weight excluding hydrogens is 266 g/mol. The summed E-state index contributed by atoms with van der Waals surface area (Å²) in [4.78, 5) is 12.1. The van der Waals surface area contributed by atoms with Crippen LogP contribution >= 0.6 is 0 Å². The van der Waals surface area contributed by atoms with Gasteiger partial charge in [0.1, 0.15) is 12.4 Å². The van der Waals surface area contributed by atoms with E-state index in [1.807, 2.05) is 30.3 Å². The fraction of sp³-hybridized carbons (Fsp3) is 0.235. The molecule has 21 heavy (non-hydrogen) atoms. The first kappa shape index (κ1) is 15.1. The van der Waals surface area contributed by atoms with E-state index in [9.17, 15) is 4.79 Å². The van der Waals surface area contributed by atoms with Crippen LogP contribution in [0.2, 0.25) is 0 Å². The van der Waals surface area contributed by atoms with Crippen LogP contribution in [0, 0.1) is 0 Å². The van der Waals surface area contributed by atoms with Gasteiger partial charge in [0, 0.05) is 18.4 Å². The maximum Gasteiger partial charge on any atom is 0.181 e. The molecule has 1 N–H and O–H groups in total. The number of nitrogens with one attached hydrogen (secondary N) is 1. The Labute approximate surface area is 124 Å². The van der Waals surface area contributed by atoms with Crippen molar-refractivity contribution in [2.75, 3.05) is 32.2 Å². The molecule has 0 heterocycles. The fourth-order valence-electron chi connectivity index (χ4n) is 1.82. The Morgan fingerprint density at radius 1 is 1.00 bits per heavy atom. The molecule has 0 spiro atoms. The van der Waals surface area contributed by atoms with E-state index in [0.717, 1.165) is 11.4 Å². The van der Waals surface area contributed by atoms with Gasteiger partial charge in [-0.2, -0.15) is 0 Å². The van der Waals surface area contributed by atoms with Crippen LogP contribution in [0.25, 0.3) is 0 Å². The number of rotatable bonds is 8. The highest BCUT2D eigenvalue weighted by Gasteiger charge is 2.05. The Morgan fingerprint density at radius 2 is 1.71 bits per heavy atom. The lowest BCUT2D eigenvalue weighted by Gasteiger charge is -2.07. The minimum atomic E-state index is 0.0438. The third-order valence-corrected chi connectivity index (χ3v) is 2.96. The van der Waals surface area contributed by atoms with E-state index in [1.165, 1.54) is 0 Å². The van der Waals surface area contributed by atoms with Gasteiger partial charge in [0.25, 0.3) is 0 Å². The number of carbonyl (C=O) groups excluding carboxylic acids is 1. The van der Waals surface area contributed by atoms with Crippen LogP contribution in [0.15, 0.2) is 54.6 Å². The smallest absolute Gasteiger partial charge is 0.181 e. The largest absolute Gasteiger partial charge is 0.491 e. The van der Waals surface area contributed by atoms with Gasteiger partial charge in [0.2, 0.25) is 0 Å². The lowest BCUT2D eigenvalue weighted by molar-refractivity contribution is 0.101. The third-order valence-electron chi connectivity index (χ3n) is 2.96. The summed E-state index contributed by atoms with van der Waals surface area (Å²) in [5.74, 6) is 0.780. The Bertz CT molecular complexity index is 552. The molecule has 0 amide bonds. The highest BCUT2D eigenvalue weighted by atomic mass is 16.5. The van der Waals surface area contributed by atoms with E-state index in [0.29, 0.717) is 18.8 Å². The average molecular weight is 285 g/mol. The van der Waals surface area contributed by atoms with Crippen molar-refractivity contribution in [1.29, 1.82) is 0 Å². The minimum absolute atomic E-state index is 0.0438. The van der Waals surface area contributed by atoms with Crippen molar-refractivity contribution >= 4 is 11.5 Å². The molecule has 0 saturated carbocycles. The SMILES string of the molecule is COCCOc1ccc(C(=O)CNc2ccccc2)cc1. The first-order valence-corrected chi connectivity index (χ1v) is 6.83. The lowest BCUT2D eigenvalue weighted by Crippen LogP contribution is -2.13. The fourth-order valence-corrected chi connectivity index (χ4v) is 1.82. The van der Waals surface area contributed by atoms with E-state index < -0.39 is 0 Å². The molecule has 0 unspecified atom stereocenters. The number of ether oxygens (including phenoxy) is 2. The number of anilines is 1. The number of benzene rings is 2. The number of hydrogen-bond donors (Lipinski definition) is 1. The van der Waals surface area contributed by atoms with Gasteiger partial charge >= 0.3 is 0 Å². The topological polar surface area (TPSA) is 47.6 Å². The molecule has 2 aromatic rings. The van der Waals surface area contributed by atoms with Crippen LogP contribution in [-0.2, 0) is 4.74 Å². The van der Waals surface area contributed by atoms with Gasteiger partial charge in [0.15, 0.2) is 5.78 Å². The normalized spacial score (nSPS) is 10.1. The first-order chi connectivity index (χ1) is 10.3.